The Morgan fingerprint density at radius 1 is 0.966 bits per heavy atom. The molecule has 148 valence electrons. The van der Waals surface area contributed by atoms with E-state index in [1.54, 1.807) is 0 Å². The summed E-state index contributed by atoms with van der Waals surface area (Å²) in [5.74, 6) is -0.128. The first-order valence-corrected chi connectivity index (χ1v) is 10.0. The van der Waals surface area contributed by atoms with E-state index in [-0.39, 0.29) is 0 Å². The summed E-state index contributed by atoms with van der Waals surface area (Å²) in [6.07, 6.45) is 4.19. The summed E-state index contributed by atoms with van der Waals surface area (Å²) in [5, 5.41) is 11.6. The average molecular weight is 388 g/mol. The maximum atomic E-state index is 11.4. The van der Waals surface area contributed by atoms with Crippen LogP contribution in [0.3, 0.4) is 0 Å². The molecule has 6 nitrogen and oxygen atoms in total. The van der Waals surface area contributed by atoms with Crippen molar-refractivity contribution in [3.63, 3.8) is 0 Å². The number of aromatic nitrogens is 4. The zero-order valence-corrected chi connectivity index (χ0v) is 16.7. The minimum absolute atomic E-state index is 0.430. The fourth-order valence-electron chi connectivity index (χ4n) is 3.66. The van der Waals surface area contributed by atoms with Crippen LogP contribution in [0.1, 0.15) is 38.1 Å². The standard InChI is InChI=1S/C23H24N4O2/c1-3-5-10-20-21(19(4-2)25-26-20)16-13-11-15(12-14-16)17-8-6-7-9-18(17)22-24-23(28)29-27-22/h6-9,11-14H,3-5,10H2,1-2H3,(H,25,26)(H,24,27,28). The number of benzene rings is 2. The van der Waals surface area contributed by atoms with Gasteiger partial charge in [-0.15, -0.1) is 0 Å². The Balaban J connectivity index is 1.72. The lowest BCUT2D eigenvalue weighted by atomic mass is 9.95. The number of unbranched alkanes of at least 4 members (excludes halogenated alkanes) is 1. The number of aromatic amines is 2. The van der Waals surface area contributed by atoms with E-state index in [2.05, 4.69) is 63.0 Å². The molecule has 0 amide bonds. The molecule has 2 aromatic heterocycles. The van der Waals surface area contributed by atoms with Gasteiger partial charge in [0.1, 0.15) is 0 Å². The van der Waals surface area contributed by atoms with Crippen molar-refractivity contribution < 1.29 is 4.52 Å². The van der Waals surface area contributed by atoms with Crippen LogP contribution in [0.4, 0.5) is 0 Å². The third kappa shape index (κ3) is 3.78. The van der Waals surface area contributed by atoms with Gasteiger partial charge in [-0.25, -0.2) is 4.79 Å². The molecule has 0 saturated heterocycles. The van der Waals surface area contributed by atoms with E-state index in [9.17, 15) is 4.79 Å². The Hall–Kier alpha value is -3.41. The van der Waals surface area contributed by atoms with Gasteiger partial charge in [-0.1, -0.05) is 74.0 Å². The largest absolute Gasteiger partial charge is 0.439 e. The molecule has 0 bridgehead atoms. The van der Waals surface area contributed by atoms with Crippen LogP contribution in [0, 0.1) is 0 Å². The molecule has 4 rings (SSSR count). The predicted octanol–water partition coefficient (Wildman–Crippen LogP) is 4.99. The second-order valence-corrected chi connectivity index (χ2v) is 7.05. The Bertz CT molecular complexity index is 1150. The molecule has 0 radical (unpaired) electrons. The van der Waals surface area contributed by atoms with Gasteiger partial charge in [-0.2, -0.15) is 5.10 Å². The lowest BCUT2D eigenvalue weighted by Crippen LogP contribution is -1.95. The third-order valence-corrected chi connectivity index (χ3v) is 5.14. The van der Waals surface area contributed by atoms with Crippen molar-refractivity contribution >= 4 is 0 Å². The average Bonchev–Trinajstić information content (AvgIpc) is 3.38. The molecule has 29 heavy (non-hydrogen) atoms. The first-order valence-electron chi connectivity index (χ1n) is 10.0. The lowest BCUT2D eigenvalue weighted by molar-refractivity contribution is 0.388. The molecule has 0 unspecified atom stereocenters. The van der Waals surface area contributed by atoms with Gasteiger partial charge in [-0.3, -0.25) is 14.6 Å². The monoisotopic (exact) mass is 388 g/mol. The van der Waals surface area contributed by atoms with E-state index in [1.165, 1.54) is 11.3 Å². The molecule has 0 saturated carbocycles. The smallest absolute Gasteiger partial charge is 0.296 e. The van der Waals surface area contributed by atoms with Crippen molar-refractivity contribution in [2.24, 2.45) is 0 Å². The van der Waals surface area contributed by atoms with Crippen LogP contribution in [0.25, 0.3) is 33.6 Å². The molecule has 0 aliphatic carbocycles. The summed E-state index contributed by atoms with van der Waals surface area (Å²) < 4.78 is 4.68. The SMILES string of the molecule is CCCCc1[nH]nc(CC)c1-c1ccc(-c2ccccc2-c2noc(=O)[nH]2)cc1. The molecule has 0 atom stereocenters. The van der Waals surface area contributed by atoms with E-state index in [1.807, 2.05) is 24.3 Å². The summed E-state index contributed by atoms with van der Waals surface area (Å²) in [6.45, 7) is 4.33. The summed E-state index contributed by atoms with van der Waals surface area (Å²) >= 11 is 0. The Morgan fingerprint density at radius 3 is 2.34 bits per heavy atom. The van der Waals surface area contributed by atoms with Crippen LogP contribution in [-0.2, 0) is 12.8 Å². The van der Waals surface area contributed by atoms with Gasteiger partial charge in [0, 0.05) is 16.8 Å². The Kier molecular flexibility index (Phi) is 5.42. The highest BCUT2D eigenvalue weighted by Gasteiger charge is 2.15. The van der Waals surface area contributed by atoms with Crippen molar-refractivity contribution in [1.82, 2.24) is 20.3 Å². The fraction of sp³-hybridized carbons (Fsp3) is 0.261. The van der Waals surface area contributed by atoms with Crippen LogP contribution in [0.2, 0.25) is 0 Å². The van der Waals surface area contributed by atoms with Crippen LogP contribution >= 0.6 is 0 Å². The minimum Gasteiger partial charge on any atom is -0.296 e. The molecule has 4 aromatic rings. The first-order chi connectivity index (χ1) is 14.2. The molecule has 2 heterocycles. The minimum atomic E-state index is -0.559. The zero-order valence-electron chi connectivity index (χ0n) is 16.7. The molecule has 6 heteroatoms. The van der Waals surface area contributed by atoms with Gasteiger partial charge in [0.25, 0.3) is 0 Å². The molecule has 2 aromatic carbocycles. The highest BCUT2D eigenvalue weighted by Crippen LogP contribution is 2.33. The molecule has 0 spiro atoms. The fourth-order valence-corrected chi connectivity index (χ4v) is 3.66. The second-order valence-electron chi connectivity index (χ2n) is 7.05. The normalized spacial score (nSPS) is 11.1. The van der Waals surface area contributed by atoms with Gasteiger partial charge in [-0.05, 0) is 36.0 Å². The van der Waals surface area contributed by atoms with Crippen LogP contribution in [0.15, 0.2) is 57.8 Å². The van der Waals surface area contributed by atoms with Gasteiger partial charge in [0.05, 0.1) is 5.69 Å². The number of H-pyrrole nitrogens is 2. The number of aryl methyl sites for hydroxylation is 2. The highest BCUT2D eigenvalue weighted by atomic mass is 16.5. The summed E-state index contributed by atoms with van der Waals surface area (Å²) in [5.41, 5.74) is 7.55. The quantitative estimate of drug-likeness (QED) is 0.467. The number of nitrogens with zero attached hydrogens (tertiary/aromatic N) is 2. The van der Waals surface area contributed by atoms with Gasteiger partial charge in [0.2, 0.25) is 0 Å². The zero-order chi connectivity index (χ0) is 20.2. The van der Waals surface area contributed by atoms with Crippen molar-refractivity contribution in [2.75, 3.05) is 0 Å². The molecular formula is C23H24N4O2. The molecular weight excluding hydrogens is 364 g/mol. The van der Waals surface area contributed by atoms with Crippen LogP contribution in [-0.4, -0.2) is 20.3 Å². The Labute approximate surface area is 169 Å². The van der Waals surface area contributed by atoms with Crippen molar-refractivity contribution in [2.45, 2.75) is 39.5 Å². The molecule has 0 aliphatic heterocycles. The summed E-state index contributed by atoms with van der Waals surface area (Å²) in [4.78, 5) is 14.0. The van der Waals surface area contributed by atoms with E-state index in [0.29, 0.717) is 5.82 Å². The van der Waals surface area contributed by atoms with Crippen molar-refractivity contribution in [3.8, 4) is 33.6 Å². The van der Waals surface area contributed by atoms with E-state index in [0.717, 1.165) is 53.6 Å². The van der Waals surface area contributed by atoms with E-state index >= 15 is 0 Å². The Morgan fingerprint density at radius 2 is 1.69 bits per heavy atom. The molecule has 0 fully saturated rings. The topological polar surface area (TPSA) is 87.6 Å². The van der Waals surface area contributed by atoms with E-state index in [4.69, 9.17) is 0 Å². The number of rotatable bonds is 7. The summed E-state index contributed by atoms with van der Waals surface area (Å²) in [7, 11) is 0. The number of hydrogen-bond acceptors (Lipinski definition) is 4. The van der Waals surface area contributed by atoms with Gasteiger partial charge < -0.3 is 0 Å². The maximum Gasteiger partial charge on any atom is 0.439 e. The predicted molar refractivity (Wildman–Crippen MR) is 114 cm³/mol. The lowest BCUT2D eigenvalue weighted by Gasteiger charge is -2.10. The second kappa shape index (κ2) is 8.31. The van der Waals surface area contributed by atoms with E-state index < -0.39 is 5.76 Å². The summed E-state index contributed by atoms with van der Waals surface area (Å²) in [6, 6.07) is 16.3. The van der Waals surface area contributed by atoms with Crippen molar-refractivity contribution in [1.29, 1.82) is 0 Å². The maximum absolute atomic E-state index is 11.4. The first kappa shape index (κ1) is 18.9. The van der Waals surface area contributed by atoms with Gasteiger partial charge >= 0.3 is 5.76 Å². The number of nitrogens with one attached hydrogen (secondary N) is 2. The highest BCUT2D eigenvalue weighted by molar-refractivity contribution is 5.82. The molecule has 0 aliphatic rings. The van der Waals surface area contributed by atoms with Crippen LogP contribution < -0.4 is 5.76 Å². The van der Waals surface area contributed by atoms with Crippen LogP contribution in [0.5, 0.6) is 0 Å². The van der Waals surface area contributed by atoms with Gasteiger partial charge in [0.15, 0.2) is 5.82 Å². The number of hydrogen-bond donors (Lipinski definition) is 2. The molecule has 2 N–H and O–H groups in total. The van der Waals surface area contributed by atoms with Crippen molar-refractivity contribution in [3.05, 3.63) is 70.5 Å². The third-order valence-electron chi connectivity index (χ3n) is 5.14.